The van der Waals surface area contributed by atoms with Crippen molar-refractivity contribution in [1.29, 1.82) is 0 Å². The molecule has 1 unspecified atom stereocenters. The van der Waals surface area contributed by atoms with Gasteiger partial charge in [-0.3, -0.25) is 0 Å². The standard InChI is InChI=1S/C18H23NO2/c1-12-6-8-16(18(10-12)21-5)14(3)19-17-9-7-15(20-4)11-13(17)2/h6-11,14,19H,1-5H3. The van der Waals surface area contributed by atoms with E-state index in [4.69, 9.17) is 9.47 Å². The van der Waals surface area contributed by atoms with E-state index in [1.807, 2.05) is 18.2 Å². The maximum atomic E-state index is 5.49. The topological polar surface area (TPSA) is 30.5 Å². The molecule has 0 fully saturated rings. The second-order valence-electron chi connectivity index (χ2n) is 5.29. The van der Waals surface area contributed by atoms with Crippen molar-refractivity contribution in [3.63, 3.8) is 0 Å². The van der Waals surface area contributed by atoms with Crippen LogP contribution in [0, 0.1) is 13.8 Å². The second-order valence-corrected chi connectivity index (χ2v) is 5.29. The van der Waals surface area contributed by atoms with Crippen molar-refractivity contribution >= 4 is 5.69 Å². The van der Waals surface area contributed by atoms with E-state index in [0.29, 0.717) is 0 Å². The van der Waals surface area contributed by atoms with Gasteiger partial charge in [0.15, 0.2) is 0 Å². The minimum Gasteiger partial charge on any atom is -0.497 e. The fraction of sp³-hybridized carbons (Fsp3) is 0.333. The number of rotatable bonds is 5. The minimum atomic E-state index is 0.160. The van der Waals surface area contributed by atoms with Gasteiger partial charge in [0.1, 0.15) is 11.5 Å². The molecule has 1 atom stereocenters. The van der Waals surface area contributed by atoms with Crippen LogP contribution in [-0.4, -0.2) is 14.2 Å². The molecule has 1 N–H and O–H groups in total. The lowest BCUT2D eigenvalue weighted by molar-refractivity contribution is 0.407. The van der Waals surface area contributed by atoms with Gasteiger partial charge in [-0.25, -0.2) is 0 Å². The summed E-state index contributed by atoms with van der Waals surface area (Å²) in [6.07, 6.45) is 0. The first-order chi connectivity index (χ1) is 10.0. The molecule has 0 amide bonds. The Bertz CT molecular complexity index is 623. The Labute approximate surface area is 126 Å². The van der Waals surface area contributed by atoms with Gasteiger partial charge in [-0.1, -0.05) is 12.1 Å². The maximum Gasteiger partial charge on any atom is 0.124 e. The summed E-state index contributed by atoms with van der Waals surface area (Å²) in [7, 11) is 3.39. The number of anilines is 1. The first kappa shape index (κ1) is 15.2. The first-order valence-corrected chi connectivity index (χ1v) is 7.11. The van der Waals surface area contributed by atoms with Gasteiger partial charge in [-0.15, -0.1) is 0 Å². The van der Waals surface area contributed by atoms with Gasteiger partial charge >= 0.3 is 0 Å². The number of hydrogen-bond donors (Lipinski definition) is 1. The van der Waals surface area contributed by atoms with E-state index in [-0.39, 0.29) is 6.04 Å². The molecule has 0 aliphatic heterocycles. The van der Waals surface area contributed by atoms with Gasteiger partial charge in [-0.05, 0) is 56.2 Å². The van der Waals surface area contributed by atoms with Gasteiger partial charge in [0, 0.05) is 11.3 Å². The Morgan fingerprint density at radius 3 is 2.33 bits per heavy atom. The maximum absolute atomic E-state index is 5.49. The van der Waals surface area contributed by atoms with E-state index >= 15 is 0 Å². The summed E-state index contributed by atoms with van der Waals surface area (Å²) in [4.78, 5) is 0. The number of hydrogen-bond acceptors (Lipinski definition) is 3. The molecule has 0 saturated carbocycles. The average Bonchev–Trinajstić information content (AvgIpc) is 2.48. The molecule has 3 heteroatoms. The average molecular weight is 285 g/mol. The third kappa shape index (κ3) is 3.48. The van der Waals surface area contributed by atoms with E-state index < -0.39 is 0 Å². The molecule has 112 valence electrons. The van der Waals surface area contributed by atoms with Crippen LogP contribution in [0.5, 0.6) is 11.5 Å². The monoisotopic (exact) mass is 285 g/mol. The molecule has 0 bridgehead atoms. The fourth-order valence-electron chi connectivity index (χ4n) is 2.41. The highest BCUT2D eigenvalue weighted by atomic mass is 16.5. The molecule has 0 aliphatic rings. The smallest absolute Gasteiger partial charge is 0.124 e. The quantitative estimate of drug-likeness (QED) is 0.877. The molecular formula is C18H23NO2. The highest BCUT2D eigenvalue weighted by Gasteiger charge is 2.12. The van der Waals surface area contributed by atoms with E-state index in [0.717, 1.165) is 28.3 Å². The fourth-order valence-corrected chi connectivity index (χ4v) is 2.41. The van der Waals surface area contributed by atoms with Crippen molar-refractivity contribution < 1.29 is 9.47 Å². The van der Waals surface area contributed by atoms with Crippen LogP contribution in [0.1, 0.15) is 29.7 Å². The molecule has 0 saturated heterocycles. The lowest BCUT2D eigenvalue weighted by Gasteiger charge is -2.20. The second kappa shape index (κ2) is 6.53. The molecule has 0 heterocycles. The largest absolute Gasteiger partial charge is 0.497 e. The molecule has 2 aromatic rings. The van der Waals surface area contributed by atoms with Gasteiger partial charge in [0.25, 0.3) is 0 Å². The first-order valence-electron chi connectivity index (χ1n) is 7.11. The minimum absolute atomic E-state index is 0.160. The Morgan fingerprint density at radius 1 is 0.952 bits per heavy atom. The van der Waals surface area contributed by atoms with Crippen LogP contribution in [0.15, 0.2) is 36.4 Å². The molecular weight excluding hydrogens is 262 g/mol. The van der Waals surface area contributed by atoms with Crippen molar-refractivity contribution in [1.82, 2.24) is 0 Å². The van der Waals surface area contributed by atoms with Crippen molar-refractivity contribution in [2.45, 2.75) is 26.8 Å². The zero-order valence-corrected chi connectivity index (χ0v) is 13.4. The summed E-state index contributed by atoms with van der Waals surface area (Å²) in [5.74, 6) is 1.79. The molecule has 0 spiro atoms. The van der Waals surface area contributed by atoms with E-state index in [2.05, 4.69) is 44.3 Å². The molecule has 3 nitrogen and oxygen atoms in total. The lowest BCUT2D eigenvalue weighted by atomic mass is 10.0. The van der Waals surface area contributed by atoms with E-state index in [1.54, 1.807) is 14.2 Å². The summed E-state index contributed by atoms with van der Waals surface area (Å²) < 4.78 is 10.7. The molecule has 0 aliphatic carbocycles. The zero-order chi connectivity index (χ0) is 15.4. The van der Waals surface area contributed by atoms with Crippen LogP contribution < -0.4 is 14.8 Å². The summed E-state index contributed by atoms with van der Waals surface area (Å²) in [6.45, 7) is 6.28. The Balaban J connectivity index is 2.23. The van der Waals surface area contributed by atoms with Gasteiger partial charge < -0.3 is 14.8 Å². The van der Waals surface area contributed by atoms with Crippen LogP contribution >= 0.6 is 0 Å². The number of methoxy groups -OCH3 is 2. The highest BCUT2D eigenvalue weighted by Crippen LogP contribution is 2.30. The van der Waals surface area contributed by atoms with Gasteiger partial charge in [-0.2, -0.15) is 0 Å². The predicted molar refractivity (Wildman–Crippen MR) is 87.5 cm³/mol. The van der Waals surface area contributed by atoms with Crippen LogP contribution in [0.4, 0.5) is 5.69 Å². The third-order valence-electron chi connectivity index (χ3n) is 3.66. The van der Waals surface area contributed by atoms with Crippen molar-refractivity contribution in [2.75, 3.05) is 19.5 Å². The van der Waals surface area contributed by atoms with E-state index in [1.165, 1.54) is 5.56 Å². The lowest BCUT2D eigenvalue weighted by Crippen LogP contribution is -2.09. The molecule has 0 radical (unpaired) electrons. The third-order valence-corrected chi connectivity index (χ3v) is 3.66. The summed E-state index contributed by atoms with van der Waals surface area (Å²) in [6, 6.07) is 12.5. The van der Waals surface area contributed by atoms with Crippen LogP contribution in [-0.2, 0) is 0 Å². The summed E-state index contributed by atoms with van der Waals surface area (Å²) in [5, 5.41) is 3.54. The Kier molecular flexibility index (Phi) is 4.73. The zero-order valence-electron chi connectivity index (χ0n) is 13.4. The summed E-state index contributed by atoms with van der Waals surface area (Å²) >= 11 is 0. The van der Waals surface area contributed by atoms with Crippen molar-refractivity contribution in [3.8, 4) is 11.5 Å². The number of aryl methyl sites for hydroxylation is 2. The predicted octanol–water partition coefficient (Wildman–Crippen LogP) is 4.49. The number of nitrogens with one attached hydrogen (secondary N) is 1. The molecule has 21 heavy (non-hydrogen) atoms. The highest BCUT2D eigenvalue weighted by molar-refractivity contribution is 5.55. The Hall–Kier alpha value is -2.16. The molecule has 0 aromatic heterocycles. The number of ether oxygens (including phenoxy) is 2. The summed E-state index contributed by atoms with van der Waals surface area (Å²) in [5.41, 5.74) is 4.61. The van der Waals surface area contributed by atoms with Crippen LogP contribution in [0.25, 0.3) is 0 Å². The SMILES string of the molecule is COc1ccc(NC(C)c2ccc(C)cc2OC)c(C)c1. The van der Waals surface area contributed by atoms with E-state index in [9.17, 15) is 0 Å². The normalized spacial score (nSPS) is 11.9. The number of benzene rings is 2. The molecule has 2 rings (SSSR count). The van der Waals surface area contributed by atoms with Crippen LogP contribution in [0.3, 0.4) is 0 Å². The Morgan fingerprint density at radius 2 is 1.71 bits per heavy atom. The van der Waals surface area contributed by atoms with Crippen molar-refractivity contribution in [3.05, 3.63) is 53.1 Å². The molecule has 2 aromatic carbocycles. The van der Waals surface area contributed by atoms with Crippen LogP contribution in [0.2, 0.25) is 0 Å². The van der Waals surface area contributed by atoms with Gasteiger partial charge in [0.05, 0.1) is 20.3 Å². The van der Waals surface area contributed by atoms with Crippen molar-refractivity contribution in [2.24, 2.45) is 0 Å². The van der Waals surface area contributed by atoms with Gasteiger partial charge in [0.2, 0.25) is 0 Å².